The average molecular weight is 473 g/mol. The van der Waals surface area contributed by atoms with Crippen molar-refractivity contribution in [2.45, 2.75) is 102 Å². The summed E-state index contributed by atoms with van der Waals surface area (Å²) in [6, 6.07) is 0. The quantitative estimate of drug-likeness (QED) is 0.369. The van der Waals surface area contributed by atoms with Crippen LogP contribution in [0.1, 0.15) is 72.1 Å². The van der Waals surface area contributed by atoms with E-state index in [1.165, 1.54) is 0 Å². The summed E-state index contributed by atoms with van der Waals surface area (Å²) in [5.41, 5.74) is 5.37. The number of fused-ring (bicyclic) bond motifs is 2. The van der Waals surface area contributed by atoms with Gasteiger partial charge in [0.25, 0.3) is 0 Å². The van der Waals surface area contributed by atoms with Gasteiger partial charge < -0.3 is 25.3 Å². The molecule has 0 aromatic heterocycles. The SMILES string of the molecule is CC=C(C)C(=O)O[C@]1(C)CC=C[C@@H](C2CCC(N)NC2)[C@@]12CC1CC3CCC(=O)OC3CC1O2. The molecule has 1 saturated carbocycles. The largest absolute Gasteiger partial charge is 0.462 e. The lowest BCUT2D eigenvalue weighted by Gasteiger charge is -2.53. The predicted molar refractivity (Wildman–Crippen MR) is 127 cm³/mol. The number of hydrogen-bond acceptors (Lipinski definition) is 7. The van der Waals surface area contributed by atoms with E-state index < -0.39 is 11.2 Å². The maximum absolute atomic E-state index is 13.0. The molecule has 7 heteroatoms. The molecule has 6 unspecified atom stereocenters. The van der Waals surface area contributed by atoms with Crippen molar-refractivity contribution in [3.8, 4) is 0 Å². The molecule has 9 atom stereocenters. The number of nitrogens with two attached hydrogens (primary N) is 1. The van der Waals surface area contributed by atoms with Crippen LogP contribution in [0.3, 0.4) is 0 Å². The molecule has 0 aromatic rings. The van der Waals surface area contributed by atoms with Gasteiger partial charge in [0, 0.05) is 37.3 Å². The Morgan fingerprint density at radius 1 is 1.21 bits per heavy atom. The first-order valence-electron chi connectivity index (χ1n) is 13.1. The molecule has 0 amide bonds. The molecule has 3 heterocycles. The van der Waals surface area contributed by atoms with Gasteiger partial charge in [-0.05, 0) is 70.6 Å². The van der Waals surface area contributed by atoms with Gasteiger partial charge in [-0.1, -0.05) is 18.2 Å². The van der Waals surface area contributed by atoms with Crippen molar-refractivity contribution in [2.75, 3.05) is 6.54 Å². The predicted octanol–water partition coefficient (Wildman–Crippen LogP) is 3.37. The number of ether oxygens (including phenoxy) is 3. The van der Waals surface area contributed by atoms with Crippen molar-refractivity contribution in [2.24, 2.45) is 29.4 Å². The van der Waals surface area contributed by atoms with E-state index in [1.807, 2.05) is 6.92 Å². The molecule has 5 rings (SSSR count). The van der Waals surface area contributed by atoms with Crippen molar-refractivity contribution >= 4 is 11.9 Å². The Morgan fingerprint density at radius 3 is 2.76 bits per heavy atom. The molecule has 3 aliphatic heterocycles. The lowest BCUT2D eigenvalue weighted by Crippen LogP contribution is -2.63. The van der Waals surface area contributed by atoms with Crippen molar-refractivity contribution in [1.29, 1.82) is 0 Å². The summed E-state index contributed by atoms with van der Waals surface area (Å²) in [6.07, 6.45) is 12.9. The third-order valence-electron chi connectivity index (χ3n) is 9.41. The molecule has 3 N–H and O–H groups in total. The second-order valence-corrected chi connectivity index (χ2v) is 11.4. The van der Waals surface area contributed by atoms with Gasteiger partial charge in [-0.3, -0.25) is 4.79 Å². The highest BCUT2D eigenvalue weighted by atomic mass is 16.6. The molecular weight excluding hydrogens is 432 g/mol. The molecule has 188 valence electrons. The Morgan fingerprint density at radius 2 is 2.03 bits per heavy atom. The van der Waals surface area contributed by atoms with Crippen LogP contribution >= 0.6 is 0 Å². The summed E-state index contributed by atoms with van der Waals surface area (Å²) in [7, 11) is 0. The minimum Gasteiger partial charge on any atom is -0.462 e. The molecule has 5 aliphatic rings. The molecule has 0 radical (unpaired) electrons. The van der Waals surface area contributed by atoms with Crippen LogP contribution < -0.4 is 11.1 Å². The third kappa shape index (κ3) is 4.03. The molecule has 0 aromatic carbocycles. The third-order valence-corrected chi connectivity index (χ3v) is 9.41. The average Bonchev–Trinajstić information content (AvgIpc) is 3.19. The van der Waals surface area contributed by atoms with Crippen LogP contribution in [0, 0.1) is 23.7 Å². The number of hydrogen-bond donors (Lipinski definition) is 2. The minimum atomic E-state index is -0.771. The summed E-state index contributed by atoms with van der Waals surface area (Å²) in [5, 5.41) is 3.45. The second-order valence-electron chi connectivity index (χ2n) is 11.4. The minimum absolute atomic E-state index is 0.0146. The smallest absolute Gasteiger partial charge is 0.334 e. The van der Waals surface area contributed by atoms with E-state index in [4.69, 9.17) is 19.9 Å². The number of rotatable bonds is 3. The van der Waals surface area contributed by atoms with Crippen LogP contribution in [0.4, 0.5) is 0 Å². The molecule has 34 heavy (non-hydrogen) atoms. The van der Waals surface area contributed by atoms with Gasteiger partial charge in [0.15, 0.2) is 0 Å². The van der Waals surface area contributed by atoms with E-state index >= 15 is 0 Å². The topological polar surface area (TPSA) is 99.9 Å². The first-order valence-corrected chi connectivity index (χ1v) is 13.1. The van der Waals surface area contributed by atoms with Crippen LogP contribution in [0.5, 0.6) is 0 Å². The van der Waals surface area contributed by atoms with Crippen LogP contribution in [0.2, 0.25) is 0 Å². The van der Waals surface area contributed by atoms with Gasteiger partial charge in [-0.2, -0.15) is 0 Å². The van der Waals surface area contributed by atoms with E-state index in [1.54, 1.807) is 13.0 Å². The van der Waals surface area contributed by atoms with E-state index in [2.05, 4.69) is 24.4 Å². The Kier molecular flexibility index (Phi) is 6.40. The summed E-state index contributed by atoms with van der Waals surface area (Å²) in [4.78, 5) is 25.0. The Hall–Kier alpha value is -1.70. The van der Waals surface area contributed by atoms with Crippen molar-refractivity contribution in [1.82, 2.24) is 5.32 Å². The Labute approximate surface area is 202 Å². The fourth-order valence-corrected chi connectivity index (χ4v) is 7.30. The van der Waals surface area contributed by atoms with Crippen LogP contribution in [-0.4, -0.2) is 48.1 Å². The lowest BCUT2D eigenvalue weighted by atomic mass is 9.60. The molecule has 7 nitrogen and oxygen atoms in total. The number of carbonyl (C=O) groups excluding carboxylic acids is 2. The van der Waals surface area contributed by atoms with Crippen LogP contribution in [0.25, 0.3) is 0 Å². The summed E-state index contributed by atoms with van der Waals surface area (Å²) in [6.45, 7) is 6.56. The van der Waals surface area contributed by atoms with E-state index in [0.717, 1.165) is 45.1 Å². The first kappa shape index (κ1) is 24.0. The Balaban J connectivity index is 1.48. The fraction of sp³-hybridized carbons (Fsp3) is 0.778. The zero-order valence-electron chi connectivity index (χ0n) is 20.8. The Bertz CT molecular complexity index is 878. The highest BCUT2D eigenvalue weighted by Crippen LogP contribution is 2.58. The first-order chi connectivity index (χ1) is 16.2. The highest BCUT2D eigenvalue weighted by Gasteiger charge is 2.65. The van der Waals surface area contributed by atoms with E-state index in [9.17, 15) is 9.59 Å². The molecule has 1 spiro atoms. The maximum atomic E-state index is 13.0. The van der Waals surface area contributed by atoms with Crippen molar-refractivity contribution in [3.05, 3.63) is 23.8 Å². The van der Waals surface area contributed by atoms with Crippen LogP contribution in [0.15, 0.2) is 23.8 Å². The normalized spacial score (nSPS) is 46.5. The van der Waals surface area contributed by atoms with Gasteiger partial charge >= 0.3 is 11.9 Å². The zero-order valence-corrected chi connectivity index (χ0v) is 20.8. The molecular formula is C27H40N2O5. The van der Waals surface area contributed by atoms with E-state index in [-0.39, 0.29) is 36.2 Å². The van der Waals surface area contributed by atoms with Crippen molar-refractivity contribution < 1.29 is 23.8 Å². The maximum Gasteiger partial charge on any atom is 0.334 e. The second kappa shape index (κ2) is 9.07. The standard InChI is InChI=1S/C27H40N2O5/c1-4-16(2)25(31)34-26(3)11-5-6-20(18-7-9-23(28)29-15-18)27(26)14-19-12-17-8-10-24(30)32-21(17)13-22(19)33-27/h4-6,17-23,29H,7-15,28H2,1-3H3/t17?,18?,19?,20-,21?,22?,23?,26+,27-/m0/s1. The number of esters is 2. The zero-order chi connectivity index (χ0) is 24.1. The van der Waals surface area contributed by atoms with Crippen LogP contribution in [-0.2, 0) is 23.8 Å². The highest BCUT2D eigenvalue weighted by molar-refractivity contribution is 5.88. The summed E-state index contributed by atoms with van der Waals surface area (Å²) in [5.74, 6) is 0.910. The number of allylic oxidation sites excluding steroid dienone is 1. The van der Waals surface area contributed by atoms with Gasteiger partial charge in [-0.25, -0.2) is 4.79 Å². The molecule has 2 aliphatic carbocycles. The van der Waals surface area contributed by atoms with Gasteiger partial charge in [0.1, 0.15) is 17.3 Å². The van der Waals surface area contributed by atoms with E-state index in [0.29, 0.717) is 36.2 Å². The molecule has 3 saturated heterocycles. The molecule has 4 fully saturated rings. The summed E-state index contributed by atoms with van der Waals surface area (Å²) >= 11 is 0. The monoisotopic (exact) mass is 472 g/mol. The van der Waals surface area contributed by atoms with Gasteiger partial charge in [0.2, 0.25) is 0 Å². The number of piperidine rings is 1. The summed E-state index contributed by atoms with van der Waals surface area (Å²) < 4.78 is 19.2. The lowest BCUT2D eigenvalue weighted by molar-refractivity contribution is -0.224. The fourth-order valence-electron chi connectivity index (χ4n) is 7.30. The number of carbonyl (C=O) groups is 2. The number of nitrogens with one attached hydrogen (secondary N) is 1. The van der Waals surface area contributed by atoms with Crippen molar-refractivity contribution in [3.63, 3.8) is 0 Å². The molecule has 0 bridgehead atoms. The van der Waals surface area contributed by atoms with Gasteiger partial charge in [0.05, 0.1) is 12.3 Å². The van der Waals surface area contributed by atoms with Gasteiger partial charge in [-0.15, -0.1) is 0 Å².